The molecule has 0 fully saturated rings. The zero-order valence-corrected chi connectivity index (χ0v) is 11.7. The van der Waals surface area contributed by atoms with Crippen molar-refractivity contribution < 1.29 is 9.47 Å². The topological polar surface area (TPSA) is 18.5 Å². The smallest absolute Gasteiger partial charge is 0.119 e. The normalized spacial score (nSPS) is 8.72. The summed E-state index contributed by atoms with van der Waals surface area (Å²) in [6.07, 6.45) is 0. The second-order valence-electron chi connectivity index (χ2n) is 3.45. The van der Waals surface area contributed by atoms with Gasteiger partial charge in [0.05, 0.1) is 7.11 Å². The number of hydrogen-bond donors (Lipinski definition) is 0. The monoisotopic (exact) mass is 286 g/mol. The van der Waals surface area contributed by atoms with E-state index in [2.05, 4.69) is 0 Å². The lowest BCUT2D eigenvalue weighted by Crippen LogP contribution is -1.95. The lowest BCUT2D eigenvalue weighted by atomic mass is 10.2. The van der Waals surface area contributed by atoms with Gasteiger partial charge in [-0.05, 0) is 29.8 Å². The number of hydrogen-bond acceptors (Lipinski definition) is 2. The van der Waals surface area contributed by atoms with Crippen LogP contribution in [0, 0.1) is 0 Å². The fourth-order valence-electron chi connectivity index (χ4n) is 1.41. The summed E-state index contributed by atoms with van der Waals surface area (Å²) in [5.41, 5.74) is 1.13. The molecular formula is C14H16Cl2O2. The van der Waals surface area contributed by atoms with Gasteiger partial charge < -0.3 is 9.47 Å². The molecule has 2 rings (SSSR count). The van der Waals surface area contributed by atoms with Crippen LogP contribution in [0.5, 0.6) is 11.5 Å². The maximum atomic E-state index is 5.62. The zero-order valence-electron chi connectivity index (χ0n) is 10.0. The maximum absolute atomic E-state index is 5.62. The van der Waals surface area contributed by atoms with Gasteiger partial charge in [-0.15, -0.1) is 24.8 Å². The van der Waals surface area contributed by atoms with Crippen LogP contribution in [0.2, 0.25) is 0 Å². The second kappa shape index (κ2) is 8.67. The summed E-state index contributed by atoms with van der Waals surface area (Å²) in [5.74, 6) is 1.75. The molecule has 0 N–H and O–H groups in total. The Balaban J connectivity index is 0.00000144. The van der Waals surface area contributed by atoms with Crippen LogP contribution in [0.4, 0.5) is 0 Å². The molecule has 0 aromatic heterocycles. The lowest BCUT2D eigenvalue weighted by molar-refractivity contribution is 0.306. The Bertz CT molecular complexity index is 429. The average molecular weight is 287 g/mol. The Kier molecular flexibility index (Phi) is 8.01. The third kappa shape index (κ3) is 4.86. The molecule has 0 atom stereocenters. The van der Waals surface area contributed by atoms with E-state index in [1.165, 1.54) is 0 Å². The highest BCUT2D eigenvalue weighted by atomic mass is 35.5. The van der Waals surface area contributed by atoms with Crippen molar-refractivity contribution in [3.8, 4) is 11.5 Å². The van der Waals surface area contributed by atoms with Crippen LogP contribution in [0.3, 0.4) is 0 Å². The highest BCUT2D eigenvalue weighted by Gasteiger charge is 1.96. The van der Waals surface area contributed by atoms with Crippen molar-refractivity contribution in [1.29, 1.82) is 0 Å². The first-order chi connectivity index (χ1) is 7.88. The third-order valence-corrected chi connectivity index (χ3v) is 2.31. The predicted octanol–water partition coefficient (Wildman–Crippen LogP) is 4.12. The molecule has 0 radical (unpaired) electrons. The molecule has 0 unspecified atom stereocenters. The predicted molar refractivity (Wildman–Crippen MR) is 78.3 cm³/mol. The molecule has 4 heteroatoms. The molecule has 0 amide bonds. The summed E-state index contributed by atoms with van der Waals surface area (Å²) < 4.78 is 10.7. The van der Waals surface area contributed by atoms with E-state index in [0.29, 0.717) is 6.61 Å². The van der Waals surface area contributed by atoms with Crippen LogP contribution < -0.4 is 9.47 Å². The van der Waals surface area contributed by atoms with Gasteiger partial charge in [0.15, 0.2) is 0 Å². The molecule has 0 aliphatic carbocycles. The van der Waals surface area contributed by atoms with Crippen molar-refractivity contribution in [2.45, 2.75) is 6.61 Å². The minimum atomic E-state index is 0. The van der Waals surface area contributed by atoms with Gasteiger partial charge in [0.25, 0.3) is 0 Å². The van der Waals surface area contributed by atoms with Crippen LogP contribution >= 0.6 is 24.8 Å². The van der Waals surface area contributed by atoms with Crippen molar-refractivity contribution in [2.24, 2.45) is 0 Å². The van der Waals surface area contributed by atoms with E-state index in [-0.39, 0.29) is 24.8 Å². The summed E-state index contributed by atoms with van der Waals surface area (Å²) >= 11 is 0. The zero-order chi connectivity index (χ0) is 11.2. The number of rotatable bonds is 4. The Morgan fingerprint density at radius 2 is 1.39 bits per heavy atom. The molecule has 0 saturated carbocycles. The molecule has 2 aromatic rings. The van der Waals surface area contributed by atoms with Crippen LogP contribution in [-0.4, -0.2) is 7.11 Å². The fourth-order valence-corrected chi connectivity index (χ4v) is 1.41. The van der Waals surface area contributed by atoms with Crippen molar-refractivity contribution in [3.05, 3.63) is 60.2 Å². The van der Waals surface area contributed by atoms with Crippen molar-refractivity contribution in [1.82, 2.24) is 0 Å². The molecule has 2 aromatic carbocycles. The van der Waals surface area contributed by atoms with E-state index in [1.54, 1.807) is 7.11 Å². The lowest BCUT2D eigenvalue weighted by Gasteiger charge is -2.06. The molecular weight excluding hydrogens is 271 g/mol. The van der Waals surface area contributed by atoms with Crippen LogP contribution in [0.15, 0.2) is 54.6 Å². The van der Waals surface area contributed by atoms with E-state index in [1.807, 2.05) is 54.6 Å². The standard InChI is InChI=1S/C14H14O2.2ClH/c1-15-13-9-7-12(8-10-13)11-16-14-5-3-2-4-6-14;;/h2-10H,11H2,1H3;2*1H. The van der Waals surface area contributed by atoms with Gasteiger partial charge in [-0.1, -0.05) is 30.3 Å². The Hall–Kier alpha value is -1.38. The number of benzene rings is 2. The van der Waals surface area contributed by atoms with Crippen LogP contribution in [0.1, 0.15) is 5.56 Å². The van der Waals surface area contributed by atoms with E-state index in [9.17, 15) is 0 Å². The first-order valence-corrected chi connectivity index (χ1v) is 5.19. The Morgan fingerprint density at radius 3 is 1.94 bits per heavy atom. The Morgan fingerprint density at radius 1 is 0.778 bits per heavy atom. The van der Waals surface area contributed by atoms with E-state index in [4.69, 9.17) is 9.47 Å². The molecule has 0 bridgehead atoms. The maximum Gasteiger partial charge on any atom is 0.119 e. The molecule has 0 aliphatic heterocycles. The molecule has 98 valence electrons. The minimum Gasteiger partial charge on any atom is -0.497 e. The molecule has 2 nitrogen and oxygen atoms in total. The average Bonchev–Trinajstić information content (AvgIpc) is 2.38. The van der Waals surface area contributed by atoms with E-state index >= 15 is 0 Å². The van der Waals surface area contributed by atoms with Gasteiger partial charge in [0, 0.05) is 0 Å². The summed E-state index contributed by atoms with van der Waals surface area (Å²) in [4.78, 5) is 0. The van der Waals surface area contributed by atoms with E-state index in [0.717, 1.165) is 17.1 Å². The SMILES string of the molecule is COc1ccc(COc2ccccc2)cc1.Cl.Cl. The summed E-state index contributed by atoms with van der Waals surface area (Å²) in [7, 11) is 1.66. The summed E-state index contributed by atoms with van der Waals surface area (Å²) in [6.45, 7) is 0.577. The number of halogens is 2. The van der Waals surface area contributed by atoms with Gasteiger partial charge in [-0.3, -0.25) is 0 Å². The number of methoxy groups -OCH3 is 1. The van der Waals surface area contributed by atoms with Gasteiger partial charge in [-0.2, -0.15) is 0 Å². The van der Waals surface area contributed by atoms with Crippen molar-refractivity contribution >= 4 is 24.8 Å². The molecule has 0 saturated heterocycles. The van der Waals surface area contributed by atoms with Gasteiger partial charge in [0.2, 0.25) is 0 Å². The van der Waals surface area contributed by atoms with Crippen molar-refractivity contribution in [2.75, 3.05) is 7.11 Å². The van der Waals surface area contributed by atoms with Crippen molar-refractivity contribution in [3.63, 3.8) is 0 Å². The van der Waals surface area contributed by atoms with Crippen LogP contribution in [0.25, 0.3) is 0 Å². The fraction of sp³-hybridized carbons (Fsp3) is 0.143. The second-order valence-corrected chi connectivity index (χ2v) is 3.45. The molecule has 18 heavy (non-hydrogen) atoms. The first kappa shape index (κ1) is 16.6. The van der Waals surface area contributed by atoms with E-state index < -0.39 is 0 Å². The Labute approximate surface area is 120 Å². The molecule has 0 aliphatic rings. The summed E-state index contributed by atoms with van der Waals surface area (Å²) in [5, 5.41) is 0. The number of ether oxygens (including phenoxy) is 2. The van der Waals surface area contributed by atoms with Crippen LogP contribution in [-0.2, 0) is 6.61 Å². The molecule has 0 heterocycles. The highest BCUT2D eigenvalue weighted by molar-refractivity contribution is 5.85. The van der Waals surface area contributed by atoms with Gasteiger partial charge in [-0.25, -0.2) is 0 Å². The quantitative estimate of drug-likeness (QED) is 0.842. The minimum absolute atomic E-state index is 0. The summed E-state index contributed by atoms with van der Waals surface area (Å²) in [6, 6.07) is 17.7. The largest absolute Gasteiger partial charge is 0.497 e. The molecule has 0 spiro atoms. The first-order valence-electron chi connectivity index (χ1n) is 5.19. The van der Waals surface area contributed by atoms with Gasteiger partial charge >= 0.3 is 0 Å². The number of para-hydroxylation sites is 1. The highest BCUT2D eigenvalue weighted by Crippen LogP contribution is 2.14. The van der Waals surface area contributed by atoms with Gasteiger partial charge in [0.1, 0.15) is 18.1 Å². The third-order valence-electron chi connectivity index (χ3n) is 2.31.